The summed E-state index contributed by atoms with van der Waals surface area (Å²) in [4.78, 5) is 0. The Morgan fingerprint density at radius 1 is 1.40 bits per heavy atom. The molecule has 0 aliphatic carbocycles. The van der Waals surface area contributed by atoms with Crippen molar-refractivity contribution < 1.29 is 9.78 Å². The van der Waals surface area contributed by atoms with Crippen molar-refractivity contribution in [3.8, 4) is 0 Å². The van der Waals surface area contributed by atoms with Crippen molar-refractivity contribution in [1.82, 2.24) is 5.06 Å². The molecule has 0 radical (unpaired) electrons. The molecule has 3 nitrogen and oxygen atoms in total. The van der Waals surface area contributed by atoms with E-state index in [0.29, 0.717) is 6.04 Å². The van der Waals surface area contributed by atoms with E-state index in [1.54, 1.807) is 0 Å². The van der Waals surface area contributed by atoms with Crippen molar-refractivity contribution in [1.29, 1.82) is 0 Å². The van der Waals surface area contributed by atoms with Gasteiger partial charge >= 0.3 is 7.12 Å². The van der Waals surface area contributed by atoms with Crippen LogP contribution in [0.2, 0.25) is 0 Å². The SMILES string of the molecule is CC1CCCN1OB(O)c1ccccc1. The highest BCUT2D eigenvalue weighted by Crippen LogP contribution is 2.16. The maximum absolute atomic E-state index is 9.83. The molecule has 1 fully saturated rings. The molecule has 1 unspecified atom stereocenters. The van der Waals surface area contributed by atoms with Crippen LogP contribution in [0.5, 0.6) is 0 Å². The van der Waals surface area contributed by atoms with Gasteiger partial charge in [0.1, 0.15) is 0 Å². The first-order valence-electron chi connectivity index (χ1n) is 5.44. The van der Waals surface area contributed by atoms with E-state index in [9.17, 15) is 5.02 Å². The Morgan fingerprint density at radius 3 is 2.73 bits per heavy atom. The molecule has 1 atom stereocenters. The van der Waals surface area contributed by atoms with E-state index in [1.165, 1.54) is 0 Å². The molecule has 4 heteroatoms. The molecule has 1 saturated heterocycles. The Labute approximate surface area is 90.8 Å². The van der Waals surface area contributed by atoms with Gasteiger partial charge in [-0.15, -0.1) is 0 Å². The van der Waals surface area contributed by atoms with Crippen molar-refractivity contribution in [2.75, 3.05) is 6.54 Å². The van der Waals surface area contributed by atoms with Gasteiger partial charge in [-0.3, -0.25) is 0 Å². The van der Waals surface area contributed by atoms with Crippen molar-refractivity contribution in [3.63, 3.8) is 0 Å². The minimum absolute atomic E-state index is 0.406. The molecule has 1 heterocycles. The van der Waals surface area contributed by atoms with Crippen LogP contribution in [0.3, 0.4) is 0 Å². The van der Waals surface area contributed by atoms with E-state index >= 15 is 0 Å². The normalized spacial score (nSPS) is 21.9. The second kappa shape index (κ2) is 4.79. The van der Waals surface area contributed by atoms with Crippen molar-refractivity contribution in [2.45, 2.75) is 25.8 Å². The molecular formula is C11H16BNO2. The smallest absolute Gasteiger partial charge is 0.422 e. The second-order valence-electron chi connectivity index (χ2n) is 4.00. The third-order valence-electron chi connectivity index (χ3n) is 2.81. The lowest BCUT2D eigenvalue weighted by Crippen LogP contribution is -2.42. The van der Waals surface area contributed by atoms with E-state index in [-0.39, 0.29) is 0 Å². The van der Waals surface area contributed by atoms with Crippen molar-refractivity contribution in [3.05, 3.63) is 30.3 Å². The maximum atomic E-state index is 9.83. The molecule has 1 aromatic carbocycles. The summed E-state index contributed by atoms with van der Waals surface area (Å²) in [7, 11) is -0.841. The van der Waals surface area contributed by atoms with Gasteiger partial charge in [0.15, 0.2) is 0 Å². The first-order chi connectivity index (χ1) is 7.27. The molecule has 1 aromatic rings. The monoisotopic (exact) mass is 205 g/mol. The highest BCUT2D eigenvalue weighted by Gasteiger charge is 2.27. The lowest BCUT2D eigenvalue weighted by molar-refractivity contribution is -0.0802. The molecule has 0 saturated carbocycles. The largest absolute Gasteiger partial charge is 0.508 e. The van der Waals surface area contributed by atoms with Gasteiger partial charge < -0.3 is 9.78 Å². The number of hydrogen-bond donors (Lipinski definition) is 1. The third-order valence-corrected chi connectivity index (χ3v) is 2.81. The van der Waals surface area contributed by atoms with Crippen molar-refractivity contribution >= 4 is 12.6 Å². The molecule has 15 heavy (non-hydrogen) atoms. The van der Waals surface area contributed by atoms with E-state index in [2.05, 4.69) is 6.92 Å². The van der Waals surface area contributed by atoms with E-state index in [0.717, 1.165) is 24.8 Å². The minimum Gasteiger partial charge on any atom is -0.422 e. The highest BCUT2D eigenvalue weighted by atomic mass is 16.7. The summed E-state index contributed by atoms with van der Waals surface area (Å²) < 4.78 is 5.50. The molecule has 0 aromatic heterocycles. The Kier molecular flexibility index (Phi) is 3.41. The predicted molar refractivity (Wildman–Crippen MR) is 60.5 cm³/mol. The van der Waals surface area contributed by atoms with Gasteiger partial charge in [0, 0.05) is 12.6 Å². The lowest BCUT2D eigenvalue weighted by atomic mass is 9.80. The number of benzene rings is 1. The first kappa shape index (κ1) is 10.7. The molecular weight excluding hydrogens is 189 g/mol. The third kappa shape index (κ3) is 2.59. The zero-order valence-corrected chi connectivity index (χ0v) is 8.97. The number of hydrogen-bond acceptors (Lipinski definition) is 3. The Morgan fingerprint density at radius 2 is 2.13 bits per heavy atom. The predicted octanol–water partition coefficient (Wildman–Crippen LogP) is 0.790. The zero-order chi connectivity index (χ0) is 10.7. The fraction of sp³-hybridized carbons (Fsp3) is 0.455. The van der Waals surface area contributed by atoms with E-state index in [4.69, 9.17) is 4.76 Å². The summed E-state index contributed by atoms with van der Waals surface area (Å²) >= 11 is 0. The second-order valence-corrected chi connectivity index (χ2v) is 4.00. The molecule has 0 bridgehead atoms. The summed E-state index contributed by atoms with van der Waals surface area (Å²) in [6.07, 6.45) is 2.28. The fourth-order valence-electron chi connectivity index (χ4n) is 1.87. The van der Waals surface area contributed by atoms with E-state index in [1.807, 2.05) is 35.4 Å². The van der Waals surface area contributed by atoms with Crippen LogP contribution >= 0.6 is 0 Å². The number of rotatable bonds is 3. The van der Waals surface area contributed by atoms with Crippen LogP contribution in [0.4, 0.5) is 0 Å². The van der Waals surface area contributed by atoms with Gasteiger partial charge in [-0.1, -0.05) is 30.3 Å². The van der Waals surface area contributed by atoms with Gasteiger partial charge in [-0.05, 0) is 25.2 Å². The number of nitrogens with zero attached hydrogens (tertiary/aromatic N) is 1. The molecule has 1 aliphatic heterocycles. The highest BCUT2D eigenvalue weighted by molar-refractivity contribution is 6.59. The maximum Gasteiger partial charge on any atom is 0.508 e. The lowest BCUT2D eigenvalue weighted by Gasteiger charge is -2.22. The zero-order valence-electron chi connectivity index (χ0n) is 8.97. The Bertz CT molecular complexity index is 307. The van der Waals surface area contributed by atoms with Crippen LogP contribution in [-0.4, -0.2) is 29.8 Å². The molecule has 1 N–H and O–H groups in total. The van der Waals surface area contributed by atoms with Crippen LogP contribution in [0.25, 0.3) is 0 Å². The molecule has 1 aliphatic rings. The van der Waals surface area contributed by atoms with Crippen LogP contribution in [0, 0.1) is 0 Å². The van der Waals surface area contributed by atoms with E-state index < -0.39 is 7.12 Å². The van der Waals surface area contributed by atoms with Gasteiger partial charge in [-0.2, -0.15) is 0 Å². The molecule has 2 rings (SSSR count). The fourth-order valence-corrected chi connectivity index (χ4v) is 1.87. The van der Waals surface area contributed by atoms with Crippen LogP contribution in [0.15, 0.2) is 30.3 Å². The average molecular weight is 205 g/mol. The topological polar surface area (TPSA) is 32.7 Å². The summed E-state index contributed by atoms with van der Waals surface area (Å²) in [5.41, 5.74) is 0.802. The summed E-state index contributed by atoms with van der Waals surface area (Å²) in [6, 6.07) is 9.86. The van der Waals surface area contributed by atoms with Gasteiger partial charge in [0.2, 0.25) is 0 Å². The Hall–Kier alpha value is -0.835. The summed E-state index contributed by atoms with van der Waals surface area (Å²) in [5.74, 6) is 0. The molecule has 0 amide bonds. The standard InChI is InChI=1S/C11H16BNO2/c1-10-6-5-9-13(10)15-12(14)11-7-3-2-4-8-11/h2-4,7-8,10,14H,5-6,9H2,1H3. The van der Waals surface area contributed by atoms with Crippen LogP contribution < -0.4 is 5.46 Å². The van der Waals surface area contributed by atoms with Gasteiger partial charge in [-0.25, -0.2) is 5.06 Å². The minimum atomic E-state index is -0.841. The summed E-state index contributed by atoms with van der Waals surface area (Å²) in [5, 5.41) is 11.7. The van der Waals surface area contributed by atoms with Gasteiger partial charge in [0.05, 0.1) is 0 Å². The first-order valence-corrected chi connectivity index (χ1v) is 5.44. The van der Waals surface area contributed by atoms with Crippen LogP contribution in [-0.2, 0) is 4.76 Å². The molecule has 80 valence electrons. The van der Waals surface area contributed by atoms with Crippen LogP contribution in [0.1, 0.15) is 19.8 Å². The number of hydroxylamine groups is 2. The Balaban J connectivity index is 1.95. The summed E-state index contributed by atoms with van der Waals surface area (Å²) in [6.45, 7) is 3.02. The van der Waals surface area contributed by atoms with Gasteiger partial charge in [0.25, 0.3) is 0 Å². The average Bonchev–Trinajstić information content (AvgIpc) is 2.66. The molecule has 0 spiro atoms. The van der Waals surface area contributed by atoms with Crippen molar-refractivity contribution in [2.24, 2.45) is 0 Å². The quantitative estimate of drug-likeness (QED) is 0.740.